The van der Waals surface area contributed by atoms with E-state index in [2.05, 4.69) is 4.74 Å². The molecule has 0 amide bonds. The van der Waals surface area contributed by atoms with E-state index in [1.165, 1.54) is 0 Å². The number of fused-ring (bicyclic) bond motifs is 1. The Morgan fingerprint density at radius 2 is 1.10 bits per heavy atom. The minimum Gasteiger partial charge on any atom is -0.444 e. The highest BCUT2D eigenvalue weighted by Crippen LogP contribution is 2.58. The molecule has 0 fully saturated rings. The van der Waals surface area contributed by atoms with Crippen LogP contribution in [0.4, 0.5) is 65.9 Å². The van der Waals surface area contributed by atoms with Gasteiger partial charge in [0.05, 0.1) is 11.1 Å². The van der Waals surface area contributed by atoms with Gasteiger partial charge in [-0.15, -0.1) is 0 Å². The van der Waals surface area contributed by atoms with E-state index in [-0.39, 0.29) is 0 Å². The summed E-state index contributed by atoms with van der Waals surface area (Å²) in [7, 11) is 0. The highest BCUT2D eigenvalue weighted by atomic mass is 19.4. The molecule has 1 heterocycles. The molecule has 0 saturated carbocycles. The maximum atomic E-state index is 14.0. The molecule has 0 bridgehead atoms. The average Bonchev–Trinajstić information content (AvgIpc) is 2.53. The number of ether oxygens (including phenoxy) is 1. The zero-order valence-electron chi connectivity index (χ0n) is 13.0. The van der Waals surface area contributed by atoms with E-state index in [4.69, 9.17) is 0 Å². The molecule has 2 nitrogen and oxygen atoms in total. The summed E-state index contributed by atoms with van der Waals surface area (Å²) in [5, 5.41) is 9.40. The molecule has 170 valence electrons. The van der Waals surface area contributed by atoms with Gasteiger partial charge in [0.25, 0.3) is 0 Å². The Balaban J connectivity index is 3.25. The van der Waals surface area contributed by atoms with Crippen LogP contribution in [-0.4, -0.2) is 29.6 Å². The maximum Gasteiger partial charge on any atom is 0.460 e. The average molecular weight is 474 g/mol. The number of allylic oxidation sites excluding steroid dienone is 2. The molecule has 1 N–H and O–H groups in total. The van der Waals surface area contributed by atoms with Gasteiger partial charge >= 0.3 is 30.2 Å². The summed E-state index contributed by atoms with van der Waals surface area (Å²) < 4.78 is 201. The largest absolute Gasteiger partial charge is 0.460 e. The number of halogens is 15. The van der Waals surface area contributed by atoms with E-state index in [1.807, 2.05) is 0 Å². The van der Waals surface area contributed by atoms with Crippen molar-refractivity contribution in [2.75, 3.05) is 0 Å². The lowest BCUT2D eigenvalue weighted by molar-refractivity contribution is -0.376. The molecule has 0 aliphatic carbocycles. The fourth-order valence-electron chi connectivity index (χ4n) is 2.39. The number of aliphatic hydroxyl groups is 1. The van der Waals surface area contributed by atoms with Gasteiger partial charge in [-0.1, -0.05) is 0 Å². The van der Waals surface area contributed by atoms with Crippen LogP contribution in [0.5, 0.6) is 0 Å². The van der Waals surface area contributed by atoms with Crippen LogP contribution in [0, 0.1) is 23.3 Å². The Bertz CT molecular complexity index is 921. The zero-order chi connectivity index (χ0) is 23.8. The van der Waals surface area contributed by atoms with Crippen LogP contribution in [0.15, 0.2) is 5.76 Å². The van der Waals surface area contributed by atoms with E-state index in [1.54, 1.807) is 0 Å². The van der Waals surface area contributed by atoms with Crippen LogP contribution in [-0.2, 0) is 10.5 Å². The number of rotatable bonds is 1. The molecule has 0 spiro atoms. The number of alkyl halides is 11. The van der Waals surface area contributed by atoms with Gasteiger partial charge < -0.3 is 9.84 Å². The van der Waals surface area contributed by atoms with Crippen molar-refractivity contribution in [1.29, 1.82) is 0 Å². The van der Waals surface area contributed by atoms with Gasteiger partial charge in [0.2, 0.25) is 5.76 Å². The number of hydrogen-bond donors (Lipinski definition) is 1. The molecule has 1 aliphatic heterocycles. The molecule has 1 aromatic carbocycles. The molecule has 0 saturated heterocycles. The van der Waals surface area contributed by atoms with Gasteiger partial charge in [-0.05, 0) is 0 Å². The Hall–Kier alpha value is -2.33. The molecule has 1 atom stereocenters. The molecule has 2 rings (SSSR count). The van der Waals surface area contributed by atoms with Crippen LogP contribution in [0.25, 0.3) is 5.57 Å². The second-order valence-corrected chi connectivity index (χ2v) is 5.52. The summed E-state index contributed by atoms with van der Waals surface area (Å²) in [4.78, 5) is 0. The van der Waals surface area contributed by atoms with E-state index >= 15 is 0 Å². The molecule has 30 heavy (non-hydrogen) atoms. The molecule has 0 radical (unpaired) electrons. The van der Waals surface area contributed by atoms with Crippen molar-refractivity contribution in [2.24, 2.45) is 0 Å². The molecule has 1 aliphatic rings. The minimum absolute atomic E-state index is 2.86. The van der Waals surface area contributed by atoms with Gasteiger partial charge in [0.15, 0.2) is 23.3 Å². The molecular weight excluding hydrogens is 473 g/mol. The monoisotopic (exact) mass is 474 g/mol. The standard InChI is InChI=1S/C13HF15O2/c14-4-1-2(5(15)7(17)6(4)16)10(29,13(26,27)28)30-8(11(20,21)22)3(1)9(18,19)12(23,24)25/h29H. The van der Waals surface area contributed by atoms with Crippen LogP contribution >= 0.6 is 0 Å². The minimum atomic E-state index is -7.11. The first-order valence-corrected chi connectivity index (χ1v) is 6.72. The first kappa shape index (κ1) is 23.9. The van der Waals surface area contributed by atoms with E-state index in [0.29, 0.717) is 0 Å². The Morgan fingerprint density at radius 1 is 0.667 bits per heavy atom. The van der Waals surface area contributed by atoms with Crippen molar-refractivity contribution < 1.29 is 75.7 Å². The maximum absolute atomic E-state index is 14.0. The van der Waals surface area contributed by atoms with Crippen LogP contribution in [0.1, 0.15) is 11.1 Å². The van der Waals surface area contributed by atoms with Crippen molar-refractivity contribution in [3.05, 3.63) is 40.2 Å². The van der Waals surface area contributed by atoms with Crippen molar-refractivity contribution in [1.82, 2.24) is 0 Å². The lowest BCUT2D eigenvalue weighted by atomic mass is 9.85. The molecule has 1 unspecified atom stereocenters. The highest BCUT2D eigenvalue weighted by Gasteiger charge is 2.71. The third-order valence-corrected chi connectivity index (χ3v) is 3.64. The lowest BCUT2D eigenvalue weighted by Gasteiger charge is -2.40. The summed E-state index contributed by atoms with van der Waals surface area (Å²) in [5.41, 5.74) is -10.5. The molecule has 17 heteroatoms. The predicted octanol–water partition coefficient (Wildman–Crippen LogP) is 5.45. The van der Waals surface area contributed by atoms with E-state index < -0.39 is 76.0 Å². The third-order valence-electron chi connectivity index (χ3n) is 3.64. The van der Waals surface area contributed by atoms with Crippen molar-refractivity contribution in [3.63, 3.8) is 0 Å². The number of hydrogen-bond acceptors (Lipinski definition) is 2. The molecule has 0 aromatic heterocycles. The quantitative estimate of drug-likeness (QED) is 0.334. The SMILES string of the molecule is OC1(C(F)(F)F)OC(C(F)(F)F)=C(C(F)(F)C(F)(F)F)c2c(F)c(F)c(F)c(F)c21. The van der Waals surface area contributed by atoms with Crippen molar-refractivity contribution in [2.45, 2.75) is 30.2 Å². The topological polar surface area (TPSA) is 29.5 Å². The fraction of sp³-hybridized carbons (Fsp3) is 0.385. The Kier molecular flexibility index (Phi) is 5.06. The third kappa shape index (κ3) is 3.13. The van der Waals surface area contributed by atoms with Crippen molar-refractivity contribution in [3.8, 4) is 0 Å². The van der Waals surface area contributed by atoms with Crippen LogP contribution < -0.4 is 0 Å². The zero-order valence-corrected chi connectivity index (χ0v) is 13.0. The van der Waals surface area contributed by atoms with Gasteiger partial charge in [-0.2, -0.15) is 48.3 Å². The molecule has 1 aromatic rings. The Morgan fingerprint density at radius 3 is 1.47 bits per heavy atom. The summed E-state index contributed by atoms with van der Waals surface area (Å²) in [6, 6.07) is 0. The first-order chi connectivity index (χ1) is 13.1. The first-order valence-electron chi connectivity index (χ1n) is 6.72. The second kappa shape index (κ2) is 6.34. The van der Waals surface area contributed by atoms with E-state index in [0.717, 1.165) is 0 Å². The Labute approximate surface area is 153 Å². The molecular formula is C13HF15O2. The van der Waals surface area contributed by atoms with Gasteiger partial charge in [-0.3, -0.25) is 0 Å². The normalized spacial score (nSPS) is 20.9. The highest BCUT2D eigenvalue weighted by molar-refractivity contribution is 5.79. The number of benzene rings is 1. The fourth-order valence-corrected chi connectivity index (χ4v) is 2.39. The summed E-state index contributed by atoms with van der Waals surface area (Å²) in [6.07, 6.45) is -20.6. The van der Waals surface area contributed by atoms with E-state index in [9.17, 15) is 71.0 Å². The van der Waals surface area contributed by atoms with Gasteiger partial charge in [0, 0.05) is 5.56 Å². The predicted molar refractivity (Wildman–Crippen MR) is 61.3 cm³/mol. The van der Waals surface area contributed by atoms with Crippen LogP contribution in [0.2, 0.25) is 0 Å². The summed E-state index contributed by atoms with van der Waals surface area (Å²) in [6.45, 7) is 0. The van der Waals surface area contributed by atoms with Crippen LogP contribution in [0.3, 0.4) is 0 Å². The smallest absolute Gasteiger partial charge is 0.444 e. The van der Waals surface area contributed by atoms with Gasteiger partial charge in [-0.25, -0.2) is 17.6 Å². The van der Waals surface area contributed by atoms with Gasteiger partial charge in [0.1, 0.15) is 0 Å². The second-order valence-electron chi connectivity index (χ2n) is 5.52. The summed E-state index contributed by atoms with van der Waals surface area (Å²) >= 11 is 0. The lowest BCUT2D eigenvalue weighted by Crippen LogP contribution is -2.52. The summed E-state index contributed by atoms with van der Waals surface area (Å²) in [5.74, 6) is -30.3. The van der Waals surface area contributed by atoms with Crippen molar-refractivity contribution >= 4 is 5.57 Å².